The molecule has 0 aliphatic rings. The molecule has 1 aromatic heterocycles. The van der Waals surface area contributed by atoms with Crippen molar-refractivity contribution in [2.75, 3.05) is 5.73 Å². The number of aryl methyl sites for hydroxylation is 1. The minimum Gasteiger partial charge on any atom is -0.397 e. The van der Waals surface area contributed by atoms with Gasteiger partial charge < -0.3 is 5.73 Å². The Morgan fingerprint density at radius 1 is 1.47 bits per heavy atom. The zero-order valence-electron chi connectivity index (χ0n) is 8.03. The van der Waals surface area contributed by atoms with E-state index in [4.69, 9.17) is 18.0 Å². The Labute approximate surface area is 95.8 Å². The van der Waals surface area contributed by atoms with Crippen molar-refractivity contribution >= 4 is 29.2 Å². The molecule has 0 bridgehead atoms. The van der Waals surface area contributed by atoms with E-state index in [2.05, 4.69) is 0 Å². The number of hydrogen-bond donors (Lipinski definition) is 1. The largest absolute Gasteiger partial charge is 0.397 e. The molecule has 5 heteroatoms. The normalized spacial score (nSPS) is 10.5. The molecule has 0 atom stereocenters. The molecule has 0 radical (unpaired) electrons. The zero-order chi connectivity index (χ0) is 11.0. The lowest BCUT2D eigenvalue weighted by Gasteiger charge is -2.08. The van der Waals surface area contributed by atoms with E-state index in [0.29, 0.717) is 9.64 Å². The van der Waals surface area contributed by atoms with Gasteiger partial charge in [0.1, 0.15) is 5.82 Å². The molecule has 0 aliphatic carbocycles. The fourth-order valence-electron chi connectivity index (χ4n) is 1.40. The van der Waals surface area contributed by atoms with Gasteiger partial charge >= 0.3 is 0 Å². The van der Waals surface area contributed by atoms with Crippen molar-refractivity contribution in [3.05, 3.63) is 39.0 Å². The Bertz CT molecular complexity index is 557. The second kappa shape index (κ2) is 3.75. The molecular formula is C10H9FN2S2. The monoisotopic (exact) mass is 240 g/mol. The van der Waals surface area contributed by atoms with E-state index in [1.54, 1.807) is 6.07 Å². The summed E-state index contributed by atoms with van der Waals surface area (Å²) in [4.78, 5) is 0. The Hall–Kier alpha value is -1.20. The van der Waals surface area contributed by atoms with Crippen molar-refractivity contribution in [1.29, 1.82) is 0 Å². The van der Waals surface area contributed by atoms with Crippen LogP contribution in [0.5, 0.6) is 0 Å². The maximum atomic E-state index is 12.9. The number of nitrogen functional groups attached to an aromatic ring is 1. The van der Waals surface area contributed by atoms with Crippen molar-refractivity contribution in [2.45, 2.75) is 6.92 Å². The van der Waals surface area contributed by atoms with Gasteiger partial charge in [-0.15, -0.1) is 11.3 Å². The lowest BCUT2D eigenvalue weighted by molar-refractivity contribution is 0.628. The van der Waals surface area contributed by atoms with Crippen molar-refractivity contribution in [1.82, 2.24) is 4.57 Å². The molecule has 0 unspecified atom stereocenters. The standard InChI is InChI=1S/C10H9FN2S2/c1-6-5-15-10(14)13(6)9-3-2-7(11)4-8(9)12/h2-5H,12H2,1H3. The molecule has 15 heavy (non-hydrogen) atoms. The molecule has 0 saturated carbocycles. The molecule has 1 heterocycles. The maximum Gasteiger partial charge on any atom is 0.165 e. The Kier molecular flexibility index (Phi) is 2.58. The first-order chi connectivity index (χ1) is 7.09. The SMILES string of the molecule is Cc1csc(=S)n1-c1ccc(F)cc1N. The lowest BCUT2D eigenvalue weighted by atomic mass is 10.2. The Balaban J connectivity index is 2.69. The Morgan fingerprint density at radius 3 is 2.73 bits per heavy atom. The molecule has 2 N–H and O–H groups in total. The summed E-state index contributed by atoms with van der Waals surface area (Å²) in [6, 6.07) is 4.32. The van der Waals surface area contributed by atoms with Crippen LogP contribution in [0.3, 0.4) is 0 Å². The molecule has 78 valence electrons. The van der Waals surface area contributed by atoms with Gasteiger partial charge in [-0.05, 0) is 37.3 Å². The number of hydrogen-bond acceptors (Lipinski definition) is 3. The highest BCUT2D eigenvalue weighted by molar-refractivity contribution is 7.73. The van der Waals surface area contributed by atoms with E-state index in [9.17, 15) is 4.39 Å². The van der Waals surface area contributed by atoms with Crippen molar-refractivity contribution < 1.29 is 4.39 Å². The number of benzene rings is 1. The molecule has 0 amide bonds. The molecule has 2 aromatic rings. The first-order valence-corrected chi connectivity index (χ1v) is 5.61. The summed E-state index contributed by atoms with van der Waals surface area (Å²) in [5.41, 5.74) is 7.88. The molecule has 0 aliphatic heterocycles. The maximum absolute atomic E-state index is 12.9. The predicted molar refractivity (Wildman–Crippen MR) is 63.6 cm³/mol. The van der Waals surface area contributed by atoms with Crippen LogP contribution in [0.15, 0.2) is 23.6 Å². The van der Waals surface area contributed by atoms with Gasteiger partial charge in [-0.1, -0.05) is 0 Å². The van der Waals surface area contributed by atoms with Crippen LogP contribution in [0.4, 0.5) is 10.1 Å². The summed E-state index contributed by atoms with van der Waals surface area (Å²) in [5, 5.41) is 1.95. The molecule has 1 aromatic carbocycles. The third kappa shape index (κ3) is 1.80. The number of rotatable bonds is 1. The van der Waals surface area contributed by atoms with Gasteiger partial charge in [0.25, 0.3) is 0 Å². The number of halogens is 1. The van der Waals surface area contributed by atoms with Crippen LogP contribution in [0.25, 0.3) is 5.69 Å². The van der Waals surface area contributed by atoms with Crippen molar-refractivity contribution in [3.63, 3.8) is 0 Å². The number of aromatic nitrogens is 1. The highest BCUT2D eigenvalue weighted by atomic mass is 32.1. The zero-order valence-corrected chi connectivity index (χ0v) is 9.66. The first kappa shape index (κ1) is 10.3. The third-order valence-electron chi connectivity index (χ3n) is 2.10. The third-order valence-corrected chi connectivity index (χ3v) is 3.41. The van der Waals surface area contributed by atoms with E-state index in [-0.39, 0.29) is 5.82 Å². The fraction of sp³-hybridized carbons (Fsp3) is 0.100. The average molecular weight is 240 g/mol. The van der Waals surface area contributed by atoms with E-state index in [0.717, 1.165) is 11.4 Å². The second-order valence-corrected chi connectivity index (χ2v) is 4.68. The highest BCUT2D eigenvalue weighted by Gasteiger charge is 2.07. The molecule has 0 fully saturated rings. The van der Waals surface area contributed by atoms with Crippen LogP contribution in [0.2, 0.25) is 0 Å². The van der Waals surface area contributed by atoms with E-state index >= 15 is 0 Å². The van der Waals surface area contributed by atoms with Crippen molar-refractivity contribution in [2.24, 2.45) is 0 Å². The minimum absolute atomic E-state index is 0.337. The van der Waals surface area contributed by atoms with E-state index < -0.39 is 0 Å². The topological polar surface area (TPSA) is 30.9 Å². The predicted octanol–water partition coefficient (Wildman–Crippen LogP) is 3.30. The van der Waals surface area contributed by atoms with Gasteiger partial charge in [0.15, 0.2) is 3.95 Å². The quantitative estimate of drug-likeness (QED) is 0.612. The summed E-state index contributed by atoms with van der Waals surface area (Å²) >= 11 is 6.65. The molecule has 2 nitrogen and oxygen atoms in total. The lowest BCUT2D eigenvalue weighted by Crippen LogP contribution is -2.01. The summed E-state index contributed by atoms with van der Waals surface area (Å²) in [5.74, 6) is -0.337. The highest BCUT2D eigenvalue weighted by Crippen LogP contribution is 2.23. The van der Waals surface area contributed by atoms with Gasteiger partial charge in [0, 0.05) is 11.1 Å². The van der Waals surface area contributed by atoms with Crippen molar-refractivity contribution in [3.8, 4) is 5.69 Å². The van der Waals surface area contributed by atoms with E-state index in [1.165, 1.54) is 23.5 Å². The number of nitrogens with two attached hydrogens (primary N) is 1. The van der Waals surface area contributed by atoms with Crippen LogP contribution in [0, 0.1) is 16.7 Å². The Morgan fingerprint density at radius 2 is 2.20 bits per heavy atom. The molecular weight excluding hydrogens is 231 g/mol. The van der Waals surface area contributed by atoms with Gasteiger partial charge in [-0.25, -0.2) is 4.39 Å². The van der Waals surface area contributed by atoms with Crippen LogP contribution >= 0.6 is 23.6 Å². The molecule has 2 rings (SSSR count). The summed E-state index contributed by atoms with van der Waals surface area (Å²) in [6.45, 7) is 1.94. The number of thiazole rings is 1. The summed E-state index contributed by atoms with van der Waals surface area (Å²) < 4.78 is 15.4. The average Bonchev–Trinajstić information content (AvgIpc) is 2.48. The van der Waals surface area contributed by atoms with Gasteiger partial charge in [0.05, 0.1) is 11.4 Å². The summed E-state index contributed by atoms with van der Waals surface area (Å²) in [6.07, 6.45) is 0. The van der Waals surface area contributed by atoms with E-state index in [1.807, 2.05) is 16.9 Å². The van der Waals surface area contributed by atoms with Gasteiger partial charge in [0.2, 0.25) is 0 Å². The summed E-state index contributed by atoms with van der Waals surface area (Å²) in [7, 11) is 0. The minimum atomic E-state index is -0.337. The van der Waals surface area contributed by atoms with Crippen LogP contribution in [-0.4, -0.2) is 4.57 Å². The van der Waals surface area contributed by atoms with Gasteiger partial charge in [-0.3, -0.25) is 4.57 Å². The number of anilines is 1. The molecule has 0 spiro atoms. The fourth-order valence-corrected chi connectivity index (χ4v) is 2.51. The number of nitrogens with zero attached hydrogens (tertiary/aromatic N) is 1. The first-order valence-electron chi connectivity index (χ1n) is 4.32. The smallest absolute Gasteiger partial charge is 0.165 e. The van der Waals surface area contributed by atoms with Crippen LogP contribution in [-0.2, 0) is 0 Å². The van der Waals surface area contributed by atoms with Crippen LogP contribution in [0.1, 0.15) is 5.69 Å². The molecule has 0 saturated heterocycles. The van der Waals surface area contributed by atoms with Crippen LogP contribution < -0.4 is 5.73 Å². The van der Waals surface area contributed by atoms with Gasteiger partial charge in [-0.2, -0.15) is 0 Å². The second-order valence-electron chi connectivity index (χ2n) is 3.18.